The van der Waals surface area contributed by atoms with Gasteiger partial charge in [-0.05, 0) is 53.6 Å². The summed E-state index contributed by atoms with van der Waals surface area (Å²) in [5.74, 6) is -1.49. The fourth-order valence-electron chi connectivity index (χ4n) is 1.90. The van der Waals surface area contributed by atoms with E-state index in [1.807, 2.05) is 22.6 Å². The van der Waals surface area contributed by atoms with Crippen molar-refractivity contribution in [3.8, 4) is 0 Å². The first-order chi connectivity index (χ1) is 8.45. The van der Waals surface area contributed by atoms with Gasteiger partial charge in [0.2, 0.25) is 5.91 Å². The van der Waals surface area contributed by atoms with Crippen LogP contribution in [0.25, 0.3) is 0 Å². The monoisotopic (exact) mass is 379 g/mol. The fraction of sp³-hybridized carbons (Fsp3) is 0.333. The Bertz CT molecular complexity index is 514. The third kappa shape index (κ3) is 2.33. The van der Waals surface area contributed by atoms with Crippen LogP contribution in [0.3, 0.4) is 0 Å². The third-order valence-corrected chi connectivity index (χ3v) is 4.36. The molecule has 0 radical (unpaired) electrons. The lowest BCUT2D eigenvalue weighted by Crippen LogP contribution is -2.48. The Morgan fingerprint density at radius 3 is 2.50 bits per heavy atom. The Morgan fingerprint density at radius 1 is 1.39 bits per heavy atom. The molecule has 18 heavy (non-hydrogen) atoms. The zero-order chi connectivity index (χ0) is 13.3. The summed E-state index contributed by atoms with van der Waals surface area (Å²) < 4.78 is 0.785. The highest BCUT2D eigenvalue weighted by molar-refractivity contribution is 14.1. The highest BCUT2D eigenvalue weighted by atomic mass is 127. The van der Waals surface area contributed by atoms with Gasteiger partial charge in [0.05, 0.1) is 5.69 Å². The molecule has 1 aliphatic carbocycles. The number of aliphatic carboxylic acids is 1. The van der Waals surface area contributed by atoms with Crippen LogP contribution >= 0.6 is 34.2 Å². The van der Waals surface area contributed by atoms with Crippen LogP contribution in [0.1, 0.15) is 19.3 Å². The maximum absolute atomic E-state index is 12.1. The summed E-state index contributed by atoms with van der Waals surface area (Å²) in [5.41, 5.74) is -0.652. The maximum atomic E-state index is 12.1. The van der Waals surface area contributed by atoms with Gasteiger partial charge in [-0.15, -0.1) is 0 Å². The second-order valence-electron chi connectivity index (χ2n) is 4.32. The lowest BCUT2D eigenvalue weighted by Gasteiger charge is -2.35. The molecule has 0 heterocycles. The first-order valence-corrected chi connectivity index (χ1v) is 6.91. The first kappa shape index (κ1) is 13.6. The van der Waals surface area contributed by atoms with Gasteiger partial charge < -0.3 is 10.4 Å². The van der Waals surface area contributed by atoms with E-state index in [4.69, 9.17) is 16.7 Å². The standard InChI is InChI=1S/C12H11ClINO3/c13-7-2-3-9(8(14)6-7)15-10(16)12(11(17)18)4-1-5-12/h2-3,6H,1,4-5H2,(H,15,16)(H,17,18). The summed E-state index contributed by atoms with van der Waals surface area (Å²) in [6.45, 7) is 0. The van der Waals surface area contributed by atoms with Gasteiger partial charge in [-0.1, -0.05) is 18.0 Å². The smallest absolute Gasteiger partial charge is 0.319 e. The second kappa shape index (κ2) is 5.05. The van der Waals surface area contributed by atoms with E-state index in [1.165, 1.54) is 0 Å². The van der Waals surface area contributed by atoms with Crippen molar-refractivity contribution in [3.63, 3.8) is 0 Å². The van der Waals surface area contributed by atoms with Gasteiger partial charge in [-0.2, -0.15) is 0 Å². The van der Waals surface area contributed by atoms with Crippen LogP contribution in [0.2, 0.25) is 5.02 Å². The number of amides is 1. The molecule has 0 unspecified atom stereocenters. The molecule has 1 aromatic carbocycles. The van der Waals surface area contributed by atoms with Crippen molar-refractivity contribution < 1.29 is 14.7 Å². The number of carboxylic acid groups (broad SMARTS) is 1. The Balaban J connectivity index is 2.19. The lowest BCUT2D eigenvalue weighted by atomic mass is 9.68. The summed E-state index contributed by atoms with van der Waals surface area (Å²) in [6.07, 6.45) is 1.58. The SMILES string of the molecule is O=C(O)C1(C(=O)Nc2ccc(Cl)cc2I)CCC1. The van der Waals surface area contributed by atoms with Gasteiger partial charge in [0.25, 0.3) is 0 Å². The molecular weight excluding hydrogens is 368 g/mol. The molecule has 1 aromatic rings. The molecule has 1 saturated carbocycles. The van der Waals surface area contributed by atoms with Crippen molar-refractivity contribution in [1.82, 2.24) is 0 Å². The lowest BCUT2D eigenvalue weighted by molar-refractivity contribution is -0.159. The van der Waals surface area contributed by atoms with E-state index >= 15 is 0 Å². The molecule has 0 atom stereocenters. The molecular formula is C12H11ClINO3. The molecule has 0 saturated heterocycles. The Morgan fingerprint density at radius 2 is 2.06 bits per heavy atom. The Kier molecular flexibility index (Phi) is 3.82. The summed E-state index contributed by atoms with van der Waals surface area (Å²) >= 11 is 7.87. The largest absolute Gasteiger partial charge is 0.480 e. The summed E-state index contributed by atoms with van der Waals surface area (Å²) in [7, 11) is 0. The van der Waals surface area contributed by atoms with E-state index in [0.717, 1.165) is 9.99 Å². The highest BCUT2D eigenvalue weighted by Gasteiger charge is 2.51. The van der Waals surface area contributed by atoms with E-state index < -0.39 is 17.3 Å². The Labute approximate surface area is 123 Å². The normalized spacial score (nSPS) is 16.8. The Hall–Kier alpha value is -0.820. The van der Waals surface area contributed by atoms with Gasteiger partial charge >= 0.3 is 5.97 Å². The number of anilines is 1. The number of nitrogens with one attached hydrogen (secondary N) is 1. The molecule has 0 aliphatic heterocycles. The molecule has 0 spiro atoms. The topological polar surface area (TPSA) is 66.4 Å². The molecule has 6 heteroatoms. The van der Waals surface area contributed by atoms with Crippen molar-refractivity contribution in [1.29, 1.82) is 0 Å². The number of carboxylic acids is 1. The van der Waals surface area contributed by atoms with Crippen LogP contribution in [-0.2, 0) is 9.59 Å². The highest BCUT2D eigenvalue weighted by Crippen LogP contribution is 2.42. The van der Waals surface area contributed by atoms with Crippen molar-refractivity contribution in [2.45, 2.75) is 19.3 Å². The molecule has 4 nitrogen and oxygen atoms in total. The van der Waals surface area contributed by atoms with E-state index in [9.17, 15) is 9.59 Å². The molecule has 2 rings (SSSR count). The zero-order valence-electron chi connectivity index (χ0n) is 9.37. The van der Waals surface area contributed by atoms with E-state index in [-0.39, 0.29) is 0 Å². The van der Waals surface area contributed by atoms with E-state index in [2.05, 4.69) is 5.32 Å². The van der Waals surface area contributed by atoms with Crippen LogP contribution < -0.4 is 5.32 Å². The quantitative estimate of drug-likeness (QED) is 0.626. The van der Waals surface area contributed by atoms with Gasteiger partial charge in [0.1, 0.15) is 5.41 Å². The maximum Gasteiger partial charge on any atom is 0.319 e. The number of hydrogen-bond donors (Lipinski definition) is 2. The van der Waals surface area contributed by atoms with Crippen LogP contribution in [0.15, 0.2) is 18.2 Å². The van der Waals surface area contributed by atoms with Gasteiger partial charge in [0.15, 0.2) is 0 Å². The molecule has 1 fully saturated rings. The number of benzene rings is 1. The number of carbonyl (C=O) groups is 2. The fourth-order valence-corrected chi connectivity index (χ4v) is 2.91. The van der Waals surface area contributed by atoms with Crippen LogP contribution in [0.5, 0.6) is 0 Å². The van der Waals surface area contributed by atoms with Crippen LogP contribution in [0.4, 0.5) is 5.69 Å². The molecule has 0 aromatic heterocycles. The minimum absolute atomic E-state index is 0.401. The molecule has 0 bridgehead atoms. The number of halogens is 2. The minimum Gasteiger partial charge on any atom is -0.480 e. The van der Waals surface area contributed by atoms with Crippen LogP contribution in [-0.4, -0.2) is 17.0 Å². The predicted octanol–water partition coefficient (Wildman–Crippen LogP) is 3.14. The van der Waals surface area contributed by atoms with Gasteiger partial charge in [-0.25, -0.2) is 0 Å². The van der Waals surface area contributed by atoms with Gasteiger partial charge in [0, 0.05) is 8.59 Å². The summed E-state index contributed by atoms with van der Waals surface area (Å²) in [4.78, 5) is 23.3. The molecule has 1 aliphatic rings. The molecule has 1 amide bonds. The average molecular weight is 380 g/mol. The summed E-state index contributed by atoms with van der Waals surface area (Å²) in [6, 6.07) is 5.05. The number of hydrogen-bond acceptors (Lipinski definition) is 2. The first-order valence-electron chi connectivity index (χ1n) is 5.45. The minimum atomic E-state index is -1.25. The average Bonchev–Trinajstić information content (AvgIpc) is 2.19. The molecule has 96 valence electrons. The summed E-state index contributed by atoms with van der Waals surface area (Å²) in [5, 5.41) is 12.4. The van der Waals surface area contributed by atoms with E-state index in [0.29, 0.717) is 23.6 Å². The van der Waals surface area contributed by atoms with Crippen molar-refractivity contribution >= 4 is 51.8 Å². The second-order valence-corrected chi connectivity index (χ2v) is 5.92. The number of carbonyl (C=O) groups excluding carboxylic acids is 1. The third-order valence-electron chi connectivity index (χ3n) is 3.23. The number of rotatable bonds is 3. The predicted molar refractivity (Wildman–Crippen MR) is 76.7 cm³/mol. The van der Waals surface area contributed by atoms with Crippen LogP contribution in [0, 0.1) is 8.99 Å². The molecule has 2 N–H and O–H groups in total. The van der Waals surface area contributed by atoms with Crippen molar-refractivity contribution in [2.75, 3.05) is 5.32 Å². The van der Waals surface area contributed by atoms with E-state index in [1.54, 1.807) is 18.2 Å². The van der Waals surface area contributed by atoms with Crippen molar-refractivity contribution in [3.05, 3.63) is 26.8 Å². The zero-order valence-corrected chi connectivity index (χ0v) is 12.3. The van der Waals surface area contributed by atoms with Crippen molar-refractivity contribution in [2.24, 2.45) is 5.41 Å². The van der Waals surface area contributed by atoms with Gasteiger partial charge in [-0.3, -0.25) is 9.59 Å².